The maximum Gasteiger partial charge on any atom is 0.282 e. The number of aromatic nitrogens is 2. The number of hydrogen-bond donors (Lipinski definition) is 1. The van der Waals surface area contributed by atoms with Crippen LogP contribution in [0, 0.1) is 10.1 Å². The first-order valence-electron chi connectivity index (χ1n) is 10.7. The number of nitro groups is 1. The molecular formula is C23H21N5O5S. The van der Waals surface area contributed by atoms with E-state index in [1.807, 2.05) is 23.6 Å². The van der Waals surface area contributed by atoms with Gasteiger partial charge >= 0.3 is 0 Å². The number of fused-ring (bicyclic) bond motifs is 1. The van der Waals surface area contributed by atoms with Crippen LogP contribution in [0.5, 0.6) is 0 Å². The van der Waals surface area contributed by atoms with Crippen LogP contribution in [0.2, 0.25) is 0 Å². The van der Waals surface area contributed by atoms with Gasteiger partial charge in [0.05, 0.1) is 28.4 Å². The molecule has 0 spiro atoms. The number of pyridine rings is 1. The third-order valence-electron chi connectivity index (χ3n) is 5.36. The number of benzene rings is 1. The second kappa shape index (κ2) is 10.3. The Morgan fingerprint density at radius 3 is 2.71 bits per heavy atom. The zero-order valence-electron chi connectivity index (χ0n) is 18.1. The highest BCUT2D eigenvalue weighted by molar-refractivity contribution is 7.13. The Balaban J connectivity index is 1.18. The van der Waals surface area contributed by atoms with Crippen LogP contribution in [-0.2, 0) is 11.3 Å². The monoisotopic (exact) mass is 479 g/mol. The zero-order chi connectivity index (χ0) is 24.1. The first-order chi connectivity index (χ1) is 16.5. The third-order valence-corrected chi connectivity index (χ3v) is 6.28. The highest BCUT2D eigenvalue weighted by atomic mass is 32.1. The number of nitrogens with zero attached hydrogens (tertiary/aromatic N) is 4. The normalized spacial score (nSPS) is 12.6. The van der Waals surface area contributed by atoms with E-state index in [1.54, 1.807) is 6.20 Å². The Kier molecular flexibility index (Phi) is 7.02. The van der Waals surface area contributed by atoms with Gasteiger partial charge in [0, 0.05) is 30.6 Å². The lowest BCUT2D eigenvalue weighted by Crippen LogP contribution is -2.30. The largest absolute Gasteiger partial charge is 0.350 e. The molecule has 0 aliphatic carbocycles. The second-order valence-electron chi connectivity index (χ2n) is 7.67. The summed E-state index contributed by atoms with van der Waals surface area (Å²) in [5, 5.41) is 16.7. The molecule has 3 heterocycles. The molecule has 0 atom stereocenters. The molecule has 10 nitrogen and oxygen atoms in total. The molecular weight excluding hydrogens is 458 g/mol. The number of rotatable bonds is 10. The Bertz CT molecular complexity index is 1240. The minimum absolute atomic E-state index is 0.0619. The van der Waals surface area contributed by atoms with Gasteiger partial charge in [0.15, 0.2) is 0 Å². The molecule has 0 radical (unpaired) electrons. The van der Waals surface area contributed by atoms with Crippen LogP contribution in [-0.4, -0.2) is 44.1 Å². The van der Waals surface area contributed by atoms with Gasteiger partial charge in [-0.3, -0.25) is 34.4 Å². The average molecular weight is 480 g/mol. The number of nitrogens with one attached hydrogen (secondary N) is 1. The molecule has 2 aromatic heterocycles. The fourth-order valence-corrected chi connectivity index (χ4v) is 4.47. The van der Waals surface area contributed by atoms with Gasteiger partial charge in [-0.25, -0.2) is 4.98 Å². The van der Waals surface area contributed by atoms with Gasteiger partial charge < -0.3 is 5.32 Å². The van der Waals surface area contributed by atoms with Crippen molar-refractivity contribution < 1.29 is 19.3 Å². The van der Waals surface area contributed by atoms with Crippen LogP contribution < -0.4 is 5.32 Å². The maximum atomic E-state index is 12.5. The van der Waals surface area contributed by atoms with Crippen molar-refractivity contribution >= 4 is 34.7 Å². The lowest BCUT2D eigenvalue weighted by atomic mass is 10.1. The molecule has 34 heavy (non-hydrogen) atoms. The average Bonchev–Trinajstić information content (AvgIpc) is 3.42. The summed E-state index contributed by atoms with van der Waals surface area (Å²) in [6.07, 6.45) is 3.74. The predicted molar refractivity (Wildman–Crippen MR) is 124 cm³/mol. The minimum atomic E-state index is -0.656. The summed E-state index contributed by atoms with van der Waals surface area (Å²) in [7, 11) is 0. The third kappa shape index (κ3) is 4.99. The first-order valence-corrected chi connectivity index (χ1v) is 11.6. The first kappa shape index (κ1) is 23.2. The Morgan fingerprint density at radius 2 is 1.94 bits per heavy atom. The van der Waals surface area contributed by atoms with E-state index in [4.69, 9.17) is 0 Å². The molecule has 1 aliphatic heterocycles. The molecule has 4 rings (SSSR count). The Hall–Kier alpha value is -3.99. The van der Waals surface area contributed by atoms with Gasteiger partial charge in [0.25, 0.3) is 17.5 Å². The molecule has 0 fully saturated rings. The molecule has 0 unspecified atom stereocenters. The number of carbonyl (C=O) groups is 3. The number of imide groups is 1. The van der Waals surface area contributed by atoms with Crippen LogP contribution in [0.4, 0.5) is 5.69 Å². The molecule has 174 valence electrons. The summed E-state index contributed by atoms with van der Waals surface area (Å²) in [6.45, 7) is 0.482. The Morgan fingerprint density at radius 1 is 1.09 bits per heavy atom. The lowest BCUT2D eigenvalue weighted by molar-refractivity contribution is -0.385. The van der Waals surface area contributed by atoms with E-state index in [1.165, 1.54) is 29.5 Å². The summed E-state index contributed by atoms with van der Waals surface area (Å²) in [5.74, 6) is -1.27. The molecule has 1 N–H and O–H groups in total. The molecule has 1 aromatic carbocycles. The van der Waals surface area contributed by atoms with E-state index in [2.05, 4.69) is 15.3 Å². The van der Waals surface area contributed by atoms with Crippen molar-refractivity contribution in [3.05, 3.63) is 74.9 Å². The standard InChI is InChI=1S/C23H21N5O5S/c29-19(25-13-15-14-34-21(26-15)17-8-3-4-11-24-17)10-2-1-5-12-27-22(30)16-7-6-9-18(28(32)33)20(16)23(27)31/h3-4,6-9,11,14H,1-2,5,10,12-13H2,(H,25,29). The van der Waals surface area contributed by atoms with Crippen LogP contribution >= 0.6 is 11.3 Å². The number of hydrogen-bond acceptors (Lipinski definition) is 8. The summed E-state index contributed by atoms with van der Waals surface area (Å²) in [6, 6.07) is 9.65. The SMILES string of the molecule is O=C(CCCCCN1C(=O)c2cccc([N+](=O)[O-])c2C1=O)NCc1csc(-c2ccccn2)n1. The second-order valence-corrected chi connectivity index (χ2v) is 8.52. The lowest BCUT2D eigenvalue weighted by Gasteiger charge is -2.13. The van der Waals surface area contributed by atoms with E-state index in [9.17, 15) is 24.5 Å². The maximum absolute atomic E-state index is 12.5. The van der Waals surface area contributed by atoms with Gasteiger partial charge in [-0.05, 0) is 31.0 Å². The van der Waals surface area contributed by atoms with E-state index >= 15 is 0 Å². The smallest absolute Gasteiger partial charge is 0.282 e. The van der Waals surface area contributed by atoms with Gasteiger partial charge in [-0.1, -0.05) is 18.6 Å². The van der Waals surface area contributed by atoms with E-state index in [0.29, 0.717) is 32.2 Å². The van der Waals surface area contributed by atoms with Gasteiger partial charge in [-0.15, -0.1) is 11.3 Å². The van der Waals surface area contributed by atoms with Crippen molar-refractivity contribution in [1.82, 2.24) is 20.2 Å². The Labute approximate surface area is 198 Å². The van der Waals surface area contributed by atoms with Crippen molar-refractivity contribution in [2.24, 2.45) is 0 Å². The quantitative estimate of drug-likeness (QED) is 0.203. The molecule has 0 saturated carbocycles. The van der Waals surface area contributed by atoms with Crippen molar-refractivity contribution in [1.29, 1.82) is 0 Å². The fourth-order valence-electron chi connectivity index (χ4n) is 3.68. The number of carbonyl (C=O) groups excluding carboxylic acids is 3. The highest BCUT2D eigenvalue weighted by Crippen LogP contribution is 2.30. The molecule has 0 bridgehead atoms. The topological polar surface area (TPSA) is 135 Å². The van der Waals surface area contributed by atoms with Gasteiger partial charge in [-0.2, -0.15) is 0 Å². The number of nitro benzene ring substituents is 1. The van der Waals surface area contributed by atoms with Gasteiger partial charge in [0.1, 0.15) is 10.6 Å². The summed E-state index contributed by atoms with van der Waals surface area (Å²) in [5.41, 5.74) is 1.11. The van der Waals surface area contributed by atoms with E-state index in [-0.39, 0.29) is 29.3 Å². The van der Waals surface area contributed by atoms with E-state index < -0.39 is 16.7 Å². The minimum Gasteiger partial charge on any atom is -0.350 e. The molecule has 3 amide bonds. The highest BCUT2D eigenvalue weighted by Gasteiger charge is 2.40. The van der Waals surface area contributed by atoms with Crippen molar-refractivity contribution in [2.45, 2.75) is 32.2 Å². The van der Waals surface area contributed by atoms with Crippen LogP contribution in [0.15, 0.2) is 48.0 Å². The molecule has 3 aromatic rings. The van der Waals surface area contributed by atoms with Gasteiger partial charge in [0.2, 0.25) is 5.91 Å². The van der Waals surface area contributed by atoms with Crippen LogP contribution in [0.3, 0.4) is 0 Å². The van der Waals surface area contributed by atoms with Crippen molar-refractivity contribution in [2.75, 3.05) is 6.54 Å². The molecule has 0 saturated heterocycles. The summed E-state index contributed by atoms with van der Waals surface area (Å²) < 4.78 is 0. The number of thiazole rings is 1. The number of amides is 3. The van der Waals surface area contributed by atoms with E-state index in [0.717, 1.165) is 21.3 Å². The molecule has 11 heteroatoms. The number of unbranched alkanes of at least 4 members (excludes halogenated alkanes) is 2. The summed E-state index contributed by atoms with van der Waals surface area (Å²) in [4.78, 5) is 57.5. The zero-order valence-corrected chi connectivity index (χ0v) is 18.9. The van der Waals surface area contributed by atoms with Crippen molar-refractivity contribution in [3.63, 3.8) is 0 Å². The fraction of sp³-hybridized carbons (Fsp3) is 0.261. The van der Waals surface area contributed by atoms with Crippen molar-refractivity contribution in [3.8, 4) is 10.7 Å². The molecule has 1 aliphatic rings. The van der Waals surface area contributed by atoms with Crippen LogP contribution in [0.25, 0.3) is 10.7 Å². The van der Waals surface area contributed by atoms with Crippen LogP contribution in [0.1, 0.15) is 52.1 Å². The summed E-state index contributed by atoms with van der Waals surface area (Å²) >= 11 is 1.47. The predicted octanol–water partition coefficient (Wildman–Crippen LogP) is 3.59.